The predicted molar refractivity (Wildman–Crippen MR) is 79.6 cm³/mol. The van der Waals surface area contributed by atoms with Crippen molar-refractivity contribution in [1.29, 1.82) is 0 Å². The lowest BCUT2D eigenvalue weighted by atomic mass is 9.96. The van der Waals surface area contributed by atoms with Crippen LogP contribution in [0.4, 0.5) is 5.69 Å². The van der Waals surface area contributed by atoms with E-state index in [1.165, 1.54) is 30.0 Å². The summed E-state index contributed by atoms with van der Waals surface area (Å²) in [5.74, 6) is -1.86. The molecule has 1 heterocycles. The summed E-state index contributed by atoms with van der Waals surface area (Å²) in [6.07, 6.45) is 0.260. The summed E-state index contributed by atoms with van der Waals surface area (Å²) in [4.78, 5) is 35.6. The molecule has 0 aromatic heterocycles. The highest BCUT2D eigenvalue weighted by atomic mass is 16.6. The first-order valence-corrected chi connectivity index (χ1v) is 6.98. The zero-order valence-corrected chi connectivity index (χ0v) is 12.4. The average molecular weight is 320 g/mol. The number of hydrogen-bond donors (Lipinski definition) is 2. The van der Waals surface area contributed by atoms with Crippen LogP contribution in [0.2, 0.25) is 0 Å². The lowest BCUT2D eigenvalue weighted by Crippen LogP contribution is -2.32. The predicted octanol–water partition coefficient (Wildman–Crippen LogP) is 1.26. The van der Waals surface area contributed by atoms with Gasteiger partial charge in [0.15, 0.2) is 11.5 Å². The molecule has 0 bridgehead atoms. The van der Waals surface area contributed by atoms with Gasteiger partial charge in [-0.15, -0.1) is 0 Å². The van der Waals surface area contributed by atoms with Crippen molar-refractivity contribution in [2.75, 3.05) is 13.2 Å². The zero-order chi connectivity index (χ0) is 17.1. The molecule has 0 spiro atoms. The van der Waals surface area contributed by atoms with Gasteiger partial charge >= 0.3 is 0 Å². The number of carbonyl (C=O) groups excluding carboxylic acids is 2. The van der Waals surface area contributed by atoms with E-state index < -0.39 is 28.4 Å². The lowest BCUT2D eigenvalue weighted by Gasteiger charge is -2.26. The van der Waals surface area contributed by atoms with E-state index in [-0.39, 0.29) is 30.8 Å². The molecule has 0 radical (unpaired) electrons. The number of Topliss-reactive ketones (excluding diaryl/α,β-unsaturated/α-hetero) is 1. The SMILES string of the molecule is CC(=O)C1=C(O)C(=O)N(CCCO)[C@H]1c1cccc([N+](=O)[O-])c1. The molecule has 1 amide bonds. The number of rotatable bonds is 6. The van der Waals surface area contributed by atoms with Crippen LogP contribution in [-0.2, 0) is 9.59 Å². The van der Waals surface area contributed by atoms with Gasteiger partial charge in [0.25, 0.3) is 11.6 Å². The monoisotopic (exact) mass is 320 g/mol. The lowest BCUT2D eigenvalue weighted by molar-refractivity contribution is -0.384. The standard InChI is InChI=1S/C15H16N2O6/c1-9(19)12-13(10-4-2-5-11(8-10)17(22)23)16(6-3-7-18)15(21)14(12)20/h2,4-5,8,13,18,20H,3,6-7H2,1H3/t13-/m0/s1. The minimum absolute atomic E-state index is 0.0894. The van der Waals surface area contributed by atoms with Gasteiger partial charge in [0.05, 0.1) is 16.5 Å². The Balaban J connectivity index is 2.52. The molecule has 2 N–H and O–H groups in total. The van der Waals surface area contributed by atoms with Gasteiger partial charge in [0.2, 0.25) is 0 Å². The Morgan fingerprint density at radius 2 is 2.13 bits per heavy atom. The van der Waals surface area contributed by atoms with Crippen molar-refractivity contribution in [2.24, 2.45) is 0 Å². The van der Waals surface area contributed by atoms with Crippen LogP contribution >= 0.6 is 0 Å². The van der Waals surface area contributed by atoms with Gasteiger partial charge in [-0.1, -0.05) is 12.1 Å². The summed E-state index contributed by atoms with van der Waals surface area (Å²) in [5, 5.41) is 29.9. The number of nitro groups is 1. The highest BCUT2D eigenvalue weighted by molar-refractivity contribution is 6.08. The van der Waals surface area contributed by atoms with Gasteiger partial charge in [-0.25, -0.2) is 0 Å². The van der Waals surface area contributed by atoms with Crippen LogP contribution in [-0.4, -0.2) is 44.9 Å². The summed E-state index contributed by atoms with van der Waals surface area (Å²) < 4.78 is 0. The van der Waals surface area contributed by atoms with Crippen LogP contribution in [0.25, 0.3) is 0 Å². The van der Waals surface area contributed by atoms with E-state index in [1.54, 1.807) is 6.07 Å². The third-order valence-electron chi connectivity index (χ3n) is 3.64. The van der Waals surface area contributed by atoms with Crippen LogP contribution in [0.3, 0.4) is 0 Å². The molecule has 1 aliphatic rings. The third kappa shape index (κ3) is 3.07. The van der Waals surface area contributed by atoms with Crippen molar-refractivity contribution in [3.05, 3.63) is 51.3 Å². The van der Waals surface area contributed by atoms with Crippen molar-refractivity contribution >= 4 is 17.4 Å². The van der Waals surface area contributed by atoms with Gasteiger partial charge < -0.3 is 15.1 Å². The van der Waals surface area contributed by atoms with Crippen LogP contribution in [0.1, 0.15) is 24.9 Å². The maximum absolute atomic E-state index is 12.2. The van der Waals surface area contributed by atoms with Crippen LogP contribution in [0.15, 0.2) is 35.6 Å². The van der Waals surface area contributed by atoms with E-state index in [0.717, 1.165) is 0 Å². The van der Waals surface area contributed by atoms with Gasteiger partial charge in [-0.05, 0) is 18.9 Å². The molecule has 0 aliphatic carbocycles. The highest BCUT2D eigenvalue weighted by Gasteiger charge is 2.42. The maximum Gasteiger partial charge on any atom is 0.290 e. The topological polar surface area (TPSA) is 121 Å². The first kappa shape index (κ1) is 16.6. The number of aliphatic hydroxyl groups is 2. The molecule has 1 aromatic rings. The van der Waals surface area contributed by atoms with Crippen LogP contribution < -0.4 is 0 Å². The zero-order valence-electron chi connectivity index (χ0n) is 12.4. The minimum Gasteiger partial charge on any atom is -0.503 e. The fourth-order valence-corrected chi connectivity index (χ4v) is 2.64. The van der Waals surface area contributed by atoms with Gasteiger partial charge in [-0.2, -0.15) is 0 Å². The molecular formula is C15H16N2O6. The molecular weight excluding hydrogens is 304 g/mol. The van der Waals surface area contributed by atoms with Crippen molar-refractivity contribution in [1.82, 2.24) is 4.90 Å². The quantitative estimate of drug-likeness (QED) is 0.601. The van der Waals surface area contributed by atoms with Crippen LogP contribution in [0.5, 0.6) is 0 Å². The molecule has 2 rings (SSSR count). The number of carbonyl (C=O) groups is 2. The molecule has 0 unspecified atom stereocenters. The highest BCUT2D eigenvalue weighted by Crippen LogP contribution is 2.38. The number of benzene rings is 1. The molecule has 122 valence electrons. The molecule has 8 nitrogen and oxygen atoms in total. The van der Waals surface area contributed by atoms with Crippen molar-refractivity contribution < 1.29 is 24.7 Å². The number of aliphatic hydroxyl groups excluding tert-OH is 2. The Kier molecular flexibility index (Phi) is 4.75. The third-order valence-corrected chi connectivity index (χ3v) is 3.64. The molecule has 0 saturated heterocycles. The fourth-order valence-electron chi connectivity index (χ4n) is 2.64. The Morgan fingerprint density at radius 1 is 1.43 bits per heavy atom. The summed E-state index contributed by atoms with van der Waals surface area (Å²) in [6.45, 7) is 1.17. The van der Waals surface area contributed by atoms with E-state index >= 15 is 0 Å². The number of amides is 1. The van der Waals surface area contributed by atoms with E-state index in [0.29, 0.717) is 5.56 Å². The minimum atomic E-state index is -0.897. The second-order valence-electron chi connectivity index (χ2n) is 5.15. The van der Waals surface area contributed by atoms with E-state index in [9.17, 15) is 24.8 Å². The number of hydrogen-bond acceptors (Lipinski definition) is 6. The smallest absolute Gasteiger partial charge is 0.290 e. The Labute approximate surface area is 131 Å². The number of ketones is 1. The van der Waals surface area contributed by atoms with Gasteiger partial charge in [0, 0.05) is 25.3 Å². The summed E-state index contributed by atoms with van der Waals surface area (Å²) in [6, 6.07) is 4.68. The molecule has 1 aromatic carbocycles. The number of nitro benzene ring substituents is 1. The van der Waals surface area contributed by atoms with Gasteiger partial charge in [0.1, 0.15) is 0 Å². The largest absolute Gasteiger partial charge is 0.503 e. The first-order valence-electron chi connectivity index (χ1n) is 6.98. The molecule has 1 atom stereocenters. The Morgan fingerprint density at radius 3 is 2.70 bits per heavy atom. The first-order chi connectivity index (χ1) is 10.9. The molecule has 8 heteroatoms. The average Bonchev–Trinajstić information content (AvgIpc) is 2.77. The second kappa shape index (κ2) is 6.57. The molecule has 0 saturated carbocycles. The summed E-state index contributed by atoms with van der Waals surface area (Å²) >= 11 is 0. The fraction of sp³-hybridized carbons (Fsp3) is 0.333. The molecule has 23 heavy (non-hydrogen) atoms. The Bertz CT molecular complexity index is 697. The normalized spacial score (nSPS) is 17.7. The molecule has 0 fully saturated rings. The number of non-ortho nitro benzene ring substituents is 1. The van der Waals surface area contributed by atoms with E-state index in [4.69, 9.17) is 5.11 Å². The van der Waals surface area contributed by atoms with Crippen molar-refractivity contribution in [3.63, 3.8) is 0 Å². The van der Waals surface area contributed by atoms with E-state index in [2.05, 4.69) is 0 Å². The van der Waals surface area contributed by atoms with Gasteiger partial charge in [-0.3, -0.25) is 19.7 Å². The molecule has 1 aliphatic heterocycles. The maximum atomic E-state index is 12.2. The van der Waals surface area contributed by atoms with Crippen LogP contribution in [0, 0.1) is 10.1 Å². The van der Waals surface area contributed by atoms with Crippen molar-refractivity contribution in [3.8, 4) is 0 Å². The van der Waals surface area contributed by atoms with E-state index in [1.807, 2.05) is 0 Å². The second-order valence-corrected chi connectivity index (χ2v) is 5.15. The number of nitrogens with zero attached hydrogens (tertiary/aromatic N) is 2. The summed E-state index contributed by atoms with van der Waals surface area (Å²) in [5.41, 5.74) is 0.0968. The van der Waals surface area contributed by atoms with Crippen molar-refractivity contribution in [2.45, 2.75) is 19.4 Å². The Hall–Kier alpha value is -2.74. The summed E-state index contributed by atoms with van der Waals surface area (Å²) in [7, 11) is 0.